The number of hydrogen-bond donors (Lipinski definition) is 2. The normalized spacial score (nSPS) is 16.9. The first-order valence-electron chi connectivity index (χ1n) is 9.04. The lowest BCUT2D eigenvalue weighted by Gasteiger charge is -2.20. The van der Waals surface area contributed by atoms with Gasteiger partial charge in [-0.1, -0.05) is 12.1 Å². The van der Waals surface area contributed by atoms with E-state index in [1.165, 1.54) is 12.1 Å². The molecule has 2 heterocycles. The summed E-state index contributed by atoms with van der Waals surface area (Å²) in [6.07, 6.45) is 2.41. The Kier molecular flexibility index (Phi) is 7.71. The van der Waals surface area contributed by atoms with Gasteiger partial charge in [-0.2, -0.15) is 13.2 Å². The summed E-state index contributed by atoms with van der Waals surface area (Å²) < 4.78 is 38.5. The van der Waals surface area contributed by atoms with Crippen LogP contribution < -0.4 is 0 Å². The molecule has 2 aromatic rings. The summed E-state index contributed by atoms with van der Waals surface area (Å²) in [5.41, 5.74) is 1.71. The zero-order chi connectivity index (χ0) is 22.3. The second-order valence-electron chi connectivity index (χ2n) is 6.73. The summed E-state index contributed by atoms with van der Waals surface area (Å²) in [6.45, 7) is 1.04. The fourth-order valence-corrected chi connectivity index (χ4v) is 3.15. The van der Waals surface area contributed by atoms with Gasteiger partial charge in [0.1, 0.15) is 0 Å². The summed E-state index contributed by atoms with van der Waals surface area (Å²) in [5.74, 6) is -2.51. The van der Waals surface area contributed by atoms with E-state index in [2.05, 4.69) is 16.9 Å². The van der Waals surface area contributed by atoms with Crippen molar-refractivity contribution in [2.24, 2.45) is 0 Å². The molecule has 1 saturated heterocycles. The Hall–Kier alpha value is -3.20. The van der Waals surface area contributed by atoms with Crippen LogP contribution in [0.5, 0.6) is 0 Å². The van der Waals surface area contributed by atoms with E-state index in [9.17, 15) is 22.8 Å². The summed E-state index contributed by atoms with van der Waals surface area (Å²) >= 11 is 0. The molecule has 0 bridgehead atoms. The van der Waals surface area contributed by atoms with Crippen LogP contribution >= 0.6 is 0 Å². The van der Waals surface area contributed by atoms with Crippen molar-refractivity contribution in [1.82, 2.24) is 9.88 Å². The minimum atomic E-state index is -4.33. The standard InChI is InChI=1S/C17H17F3N2.C4H4O4/c1-22-7-3-6-16(22)14-8-13(10-21-11-14)12-4-2-5-15(9-12)17(18,19)20;5-3(6)1-2-4(7)8/h2,4-5,8-11,16H,3,6-7H2,1H3;1-2H,(H,5,6)(H,7,8)/b;2-1+. The molecule has 1 aromatic heterocycles. The number of rotatable bonds is 4. The number of benzene rings is 1. The Bertz CT molecular complexity index is 912. The monoisotopic (exact) mass is 422 g/mol. The molecule has 30 heavy (non-hydrogen) atoms. The SMILES string of the molecule is CN1CCCC1c1cncc(-c2cccc(C(F)(F)F)c2)c1.O=C(O)/C=C/C(=O)O. The van der Waals surface area contributed by atoms with Gasteiger partial charge in [-0.05, 0) is 55.8 Å². The maximum atomic E-state index is 12.8. The van der Waals surface area contributed by atoms with Gasteiger partial charge < -0.3 is 10.2 Å². The highest BCUT2D eigenvalue weighted by Gasteiger charge is 2.30. The van der Waals surface area contributed by atoms with Crippen LogP contribution in [0.15, 0.2) is 54.9 Å². The number of carboxylic acids is 2. The average molecular weight is 422 g/mol. The zero-order valence-electron chi connectivity index (χ0n) is 16.1. The summed E-state index contributed by atoms with van der Waals surface area (Å²) in [6, 6.07) is 7.65. The van der Waals surface area contributed by atoms with E-state index in [0.717, 1.165) is 36.6 Å². The van der Waals surface area contributed by atoms with Crippen LogP contribution in [-0.2, 0) is 15.8 Å². The smallest absolute Gasteiger partial charge is 0.416 e. The first-order valence-corrected chi connectivity index (χ1v) is 9.04. The third kappa shape index (κ3) is 6.70. The van der Waals surface area contributed by atoms with Gasteiger partial charge in [-0.3, -0.25) is 9.88 Å². The predicted molar refractivity (Wildman–Crippen MR) is 104 cm³/mol. The van der Waals surface area contributed by atoms with E-state index in [1.54, 1.807) is 12.3 Å². The van der Waals surface area contributed by atoms with E-state index in [4.69, 9.17) is 10.2 Å². The molecule has 0 radical (unpaired) electrons. The van der Waals surface area contributed by atoms with Crippen molar-refractivity contribution in [3.8, 4) is 11.1 Å². The van der Waals surface area contributed by atoms with Gasteiger partial charge in [0, 0.05) is 36.2 Å². The highest BCUT2D eigenvalue weighted by atomic mass is 19.4. The molecule has 0 amide bonds. The average Bonchev–Trinajstić information content (AvgIpc) is 3.12. The fraction of sp³-hybridized carbons (Fsp3) is 0.286. The molecule has 1 fully saturated rings. The molecule has 160 valence electrons. The van der Waals surface area contributed by atoms with E-state index in [1.807, 2.05) is 12.3 Å². The quantitative estimate of drug-likeness (QED) is 0.716. The Morgan fingerprint density at radius 3 is 2.30 bits per heavy atom. The van der Waals surface area contributed by atoms with Crippen LogP contribution in [0.25, 0.3) is 11.1 Å². The molecule has 2 N–H and O–H groups in total. The van der Waals surface area contributed by atoms with E-state index in [0.29, 0.717) is 23.8 Å². The molecule has 9 heteroatoms. The van der Waals surface area contributed by atoms with Crippen LogP contribution in [-0.4, -0.2) is 45.6 Å². The van der Waals surface area contributed by atoms with Gasteiger partial charge in [0.05, 0.1) is 5.56 Å². The lowest BCUT2D eigenvalue weighted by Crippen LogP contribution is -2.17. The van der Waals surface area contributed by atoms with Gasteiger partial charge in [-0.25, -0.2) is 9.59 Å². The molecule has 6 nitrogen and oxygen atoms in total. The lowest BCUT2D eigenvalue weighted by molar-refractivity contribution is -0.137. The number of alkyl halides is 3. The topological polar surface area (TPSA) is 90.7 Å². The molecule has 1 aliphatic rings. The van der Waals surface area contributed by atoms with Crippen LogP contribution in [0.4, 0.5) is 13.2 Å². The highest BCUT2D eigenvalue weighted by molar-refractivity contribution is 5.89. The maximum absolute atomic E-state index is 12.8. The number of aromatic nitrogens is 1. The van der Waals surface area contributed by atoms with Gasteiger partial charge >= 0.3 is 18.1 Å². The molecule has 3 rings (SSSR count). The summed E-state index contributed by atoms with van der Waals surface area (Å²) in [5, 5.41) is 15.6. The third-order valence-electron chi connectivity index (χ3n) is 4.56. The van der Waals surface area contributed by atoms with Crippen LogP contribution in [0, 0.1) is 0 Å². The Morgan fingerprint density at radius 2 is 1.77 bits per heavy atom. The van der Waals surface area contributed by atoms with E-state index < -0.39 is 23.7 Å². The molecule has 1 aliphatic heterocycles. The molecule has 1 aromatic carbocycles. The van der Waals surface area contributed by atoms with Crippen molar-refractivity contribution in [2.75, 3.05) is 13.6 Å². The van der Waals surface area contributed by atoms with Crippen molar-refractivity contribution >= 4 is 11.9 Å². The fourth-order valence-electron chi connectivity index (χ4n) is 3.15. The summed E-state index contributed by atoms with van der Waals surface area (Å²) in [7, 11) is 2.06. The van der Waals surface area contributed by atoms with Crippen molar-refractivity contribution < 1.29 is 33.0 Å². The number of likely N-dealkylation sites (tertiary alicyclic amines) is 1. The van der Waals surface area contributed by atoms with Gasteiger partial charge in [0.15, 0.2) is 0 Å². The van der Waals surface area contributed by atoms with Crippen LogP contribution in [0.3, 0.4) is 0 Å². The lowest BCUT2D eigenvalue weighted by atomic mass is 10.00. The second-order valence-corrected chi connectivity index (χ2v) is 6.73. The minimum absolute atomic E-state index is 0.304. The number of halogens is 3. The van der Waals surface area contributed by atoms with E-state index in [-0.39, 0.29) is 0 Å². The first-order chi connectivity index (χ1) is 14.1. The number of pyridine rings is 1. The van der Waals surface area contributed by atoms with Crippen LogP contribution in [0.2, 0.25) is 0 Å². The maximum Gasteiger partial charge on any atom is 0.416 e. The van der Waals surface area contributed by atoms with E-state index >= 15 is 0 Å². The molecule has 0 saturated carbocycles. The van der Waals surface area contributed by atoms with Gasteiger partial charge in [0.2, 0.25) is 0 Å². The van der Waals surface area contributed by atoms with Gasteiger partial charge in [-0.15, -0.1) is 0 Å². The Labute approximate surface area is 171 Å². The third-order valence-corrected chi connectivity index (χ3v) is 4.56. The number of nitrogens with zero attached hydrogens (tertiary/aromatic N) is 2. The molecular weight excluding hydrogens is 401 g/mol. The largest absolute Gasteiger partial charge is 0.478 e. The highest BCUT2D eigenvalue weighted by Crippen LogP contribution is 2.34. The second kappa shape index (κ2) is 10.0. The predicted octanol–water partition coefficient (Wildman–Crippen LogP) is 4.25. The van der Waals surface area contributed by atoms with Crippen molar-refractivity contribution in [3.05, 3.63) is 66.0 Å². The molecule has 0 aliphatic carbocycles. The van der Waals surface area contributed by atoms with Gasteiger partial charge in [0.25, 0.3) is 0 Å². The first kappa shape index (κ1) is 23.1. The number of carbonyl (C=O) groups is 2. The molecule has 0 spiro atoms. The molecule has 1 unspecified atom stereocenters. The van der Waals surface area contributed by atoms with Crippen molar-refractivity contribution in [2.45, 2.75) is 25.1 Å². The number of hydrogen-bond acceptors (Lipinski definition) is 4. The van der Waals surface area contributed by atoms with Crippen LogP contribution in [0.1, 0.15) is 30.0 Å². The summed E-state index contributed by atoms with van der Waals surface area (Å²) in [4.78, 5) is 25.6. The number of aliphatic carboxylic acids is 2. The molecule has 1 atom stereocenters. The Morgan fingerprint density at radius 1 is 1.10 bits per heavy atom. The zero-order valence-corrected chi connectivity index (χ0v) is 16.1. The number of carboxylic acid groups (broad SMARTS) is 2. The Balaban J connectivity index is 0.000000343. The van der Waals surface area contributed by atoms with Crippen molar-refractivity contribution in [1.29, 1.82) is 0 Å². The minimum Gasteiger partial charge on any atom is -0.478 e. The molecular formula is C21H21F3N2O4. The van der Waals surface area contributed by atoms with Crippen molar-refractivity contribution in [3.63, 3.8) is 0 Å².